The Bertz CT molecular complexity index is 618. The topological polar surface area (TPSA) is 60.2 Å². The Morgan fingerprint density at radius 3 is 2.57 bits per heavy atom. The van der Waals surface area contributed by atoms with E-state index in [9.17, 15) is 17.6 Å². The van der Waals surface area contributed by atoms with Crippen LogP contribution in [0.5, 0.6) is 5.75 Å². The number of hydrazine groups is 1. The van der Waals surface area contributed by atoms with Crippen molar-refractivity contribution in [3.05, 3.63) is 59.7 Å². The molecule has 0 amide bonds. The fraction of sp³-hybridized carbons (Fsp3) is 0.154. The van der Waals surface area contributed by atoms with Gasteiger partial charge in [0.15, 0.2) is 0 Å². The number of benzene rings is 1. The summed E-state index contributed by atoms with van der Waals surface area (Å²) in [7, 11) is 0. The number of aromatic nitrogens is 1. The zero-order valence-corrected chi connectivity index (χ0v) is 10.6. The molecule has 2 aromatic rings. The Morgan fingerprint density at radius 1 is 1.19 bits per heavy atom. The van der Waals surface area contributed by atoms with E-state index in [2.05, 4.69) is 15.1 Å². The van der Waals surface area contributed by atoms with Crippen LogP contribution in [0.25, 0.3) is 0 Å². The summed E-state index contributed by atoms with van der Waals surface area (Å²) < 4.78 is 54.2. The van der Waals surface area contributed by atoms with E-state index < -0.39 is 24.0 Å². The highest BCUT2D eigenvalue weighted by Crippen LogP contribution is 2.28. The average molecular weight is 301 g/mol. The van der Waals surface area contributed by atoms with Gasteiger partial charge in [0.2, 0.25) is 0 Å². The van der Waals surface area contributed by atoms with Gasteiger partial charge in [-0.1, -0.05) is 12.1 Å². The van der Waals surface area contributed by atoms with Crippen LogP contribution in [0.2, 0.25) is 0 Å². The van der Waals surface area contributed by atoms with Crippen LogP contribution in [0.3, 0.4) is 0 Å². The Hall–Kier alpha value is -2.19. The molecule has 1 aromatic carbocycles. The molecule has 8 heteroatoms. The van der Waals surface area contributed by atoms with Crippen LogP contribution < -0.4 is 16.0 Å². The van der Waals surface area contributed by atoms with Gasteiger partial charge in [-0.25, -0.2) is 9.82 Å². The van der Waals surface area contributed by atoms with Gasteiger partial charge < -0.3 is 4.74 Å². The first-order valence-electron chi connectivity index (χ1n) is 5.83. The van der Waals surface area contributed by atoms with Gasteiger partial charge in [-0.2, -0.15) is 0 Å². The predicted octanol–water partition coefficient (Wildman–Crippen LogP) is 2.67. The van der Waals surface area contributed by atoms with Gasteiger partial charge in [-0.15, -0.1) is 13.2 Å². The summed E-state index contributed by atoms with van der Waals surface area (Å²) >= 11 is 0. The standard InChI is InChI=1S/C13H11F4N3O/c14-10-5-2-6-19-12(10)11(20-18)8-3-1-4-9(7-8)21-13(15,16)17/h1-7,11,20H,18H2. The lowest BCUT2D eigenvalue weighted by Crippen LogP contribution is -2.30. The van der Waals surface area contributed by atoms with Crippen molar-refractivity contribution < 1.29 is 22.3 Å². The number of halogens is 4. The summed E-state index contributed by atoms with van der Waals surface area (Å²) in [6, 6.07) is 6.77. The van der Waals surface area contributed by atoms with Crippen LogP contribution in [0.15, 0.2) is 42.6 Å². The molecule has 21 heavy (non-hydrogen) atoms. The highest BCUT2D eigenvalue weighted by Gasteiger charge is 2.31. The highest BCUT2D eigenvalue weighted by atomic mass is 19.4. The van der Waals surface area contributed by atoms with Crippen molar-refractivity contribution in [2.45, 2.75) is 12.4 Å². The minimum Gasteiger partial charge on any atom is -0.406 e. The Labute approximate surface area is 117 Å². The number of rotatable bonds is 4. The predicted molar refractivity (Wildman–Crippen MR) is 66.5 cm³/mol. The Morgan fingerprint density at radius 2 is 1.95 bits per heavy atom. The third-order valence-corrected chi connectivity index (χ3v) is 2.65. The van der Waals surface area contributed by atoms with E-state index in [1.807, 2.05) is 0 Å². The second kappa shape index (κ2) is 6.06. The molecule has 1 aromatic heterocycles. The number of ether oxygens (including phenoxy) is 1. The Kier molecular flexibility index (Phi) is 4.39. The second-order valence-corrected chi connectivity index (χ2v) is 4.09. The third-order valence-electron chi connectivity index (χ3n) is 2.65. The smallest absolute Gasteiger partial charge is 0.406 e. The van der Waals surface area contributed by atoms with Crippen LogP contribution in [-0.4, -0.2) is 11.3 Å². The van der Waals surface area contributed by atoms with Crippen LogP contribution in [-0.2, 0) is 0 Å². The van der Waals surface area contributed by atoms with Gasteiger partial charge in [0.05, 0.1) is 11.7 Å². The summed E-state index contributed by atoms with van der Waals surface area (Å²) in [5, 5.41) is 0. The number of alkyl halides is 3. The molecule has 1 heterocycles. The van der Waals surface area contributed by atoms with Crippen LogP contribution in [0, 0.1) is 5.82 Å². The third kappa shape index (κ3) is 3.89. The molecule has 2 rings (SSSR count). The van der Waals surface area contributed by atoms with E-state index in [4.69, 9.17) is 5.84 Å². The summed E-state index contributed by atoms with van der Waals surface area (Å²) in [6.45, 7) is 0. The van der Waals surface area contributed by atoms with Gasteiger partial charge in [0.1, 0.15) is 11.6 Å². The van der Waals surface area contributed by atoms with E-state index in [0.717, 1.165) is 12.1 Å². The molecule has 3 N–H and O–H groups in total. The largest absolute Gasteiger partial charge is 0.573 e. The van der Waals surface area contributed by atoms with E-state index >= 15 is 0 Å². The van der Waals surface area contributed by atoms with Crippen molar-refractivity contribution in [3.8, 4) is 5.75 Å². The van der Waals surface area contributed by atoms with Crippen molar-refractivity contribution in [2.24, 2.45) is 5.84 Å². The van der Waals surface area contributed by atoms with Gasteiger partial charge >= 0.3 is 6.36 Å². The van der Waals surface area contributed by atoms with E-state index in [0.29, 0.717) is 0 Å². The van der Waals surface area contributed by atoms with Crippen molar-refractivity contribution in [3.63, 3.8) is 0 Å². The maximum Gasteiger partial charge on any atom is 0.573 e. The van der Waals surface area contributed by atoms with Gasteiger partial charge in [-0.05, 0) is 29.8 Å². The average Bonchev–Trinajstić information content (AvgIpc) is 2.40. The molecule has 1 unspecified atom stereocenters. The molecule has 0 fully saturated rings. The van der Waals surface area contributed by atoms with Crippen LogP contribution >= 0.6 is 0 Å². The number of hydrogen-bond acceptors (Lipinski definition) is 4. The maximum absolute atomic E-state index is 13.7. The first-order chi connectivity index (χ1) is 9.90. The molecule has 0 saturated carbocycles. The number of pyridine rings is 1. The minimum atomic E-state index is -4.81. The van der Waals surface area contributed by atoms with Crippen molar-refractivity contribution in [2.75, 3.05) is 0 Å². The fourth-order valence-corrected chi connectivity index (χ4v) is 1.83. The van der Waals surface area contributed by atoms with Crippen molar-refractivity contribution in [1.82, 2.24) is 10.4 Å². The SMILES string of the molecule is NNC(c1cccc(OC(F)(F)F)c1)c1ncccc1F. The lowest BCUT2D eigenvalue weighted by Gasteiger charge is -2.17. The lowest BCUT2D eigenvalue weighted by molar-refractivity contribution is -0.274. The summed E-state index contributed by atoms with van der Waals surface area (Å²) in [6.07, 6.45) is -3.45. The van der Waals surface area contributed by atoms with Crippen molar-refractivity contribution in [1.29, 1.82) is 0 Å². The first-order valence-corrected chi connectivity index (χ1v) is 5.83. The fourth-order valence-electron chi connectivity index (χ4n) is 1.83. The summed E-state index contributed by atoms with van der Waals surface area (Å²) in [5.74, 6) is 4.32. The number of nitrogens with one attached hydrogen (secondary N) is 1. The number of nitrogens with zero attached hydrogens (tertiary/aromatic N) is 1. The molecule has 112 valence electrons. The number of nitrogens with two attached hydrogens (primary N) is 1. The molecule has 0 saturated heterocycles. The van der Waals surface area contributed by atoms with Crippen LogP contribution in [0.4, 0.5) is 17.6 Å². The van der Waals surface area contributed by atoms with Gasteiger partial charge in [0, 0.05) is 6.20 Å². The molecule has 1 atom stereocenters. The van der Waals surface area contributed by atoms with E-state index in [-0.39, 0.29) is 11.3 Å². The van der Waals surface area contributed by atoms with E-state index in [1.165, 1.54) is 30.5 Å². The molecule has 0 radical (unpaired) electrons. The second-order valence-electron chi connectivity index (χ2n) is 4.09. The molecule has 0 aliphatic rings. The monoisotopic (exact) mass is 301 g/mol. The maximum atomic E-state index is 13.7. The molecule has 0 bridgehead atoms. The van der Waals surface area contributed by atoms with Crippen LogP contribution in [0.1, 0.15) is 17.3 Å². The van der Waals surface area contributed by atoms with Gasteiger partial charge in [-0.3, -0.25) is 10.8 Å². The zero-order valence-electron chi connectivity index (χ0n) is 10.6. The molecular weight excluding hydrogens is 290 g/mol. The lowest BCUT2D eigenvalue weighted by atomic mass is 10.0. The molecule has 0 aliphatic heterocycles. The molecule has 4 nitrogen and oxygen atoms in total. The van der Waals surface area contributed by atoms with Gasteiger partial charge in [0.25, 0.3) is 0 Å². The molecule has 0 spiro atoms. The van der Waals surface area contributed by atoms with Crippen molar-refractivity contribution >= 4 is 0 Å². The summed E-state index contributed by atoms with van der Waals surface area (Å²) in [4.78, 5) is 3.85. The molecular formula is C13H11F4N3O. The highest BCUT2D eigenvalue weighted by molar-refractivity contribution is 5.35. The number of hydrogen-bond donors (Lipinski definition) is 2. The normalized spacial score (nSPS) is 13.0. The quantitative estimate of drug-likeness (QED) is 0.518. The minimum absolute atomic E-state index is 0.0239. The zero-order chi connectivity index (χ0) is 15.5. The van der Waals surface area contributed by atoms with E-state index in [1.54, 1.807) is 0 Å². The first kappa shape index (κ1) is 15.2. The summed E-state index contributed by atoms with van der Waals surface area (Å²) in [5.41, 5.74) is 2.59. The molecule has 0 aliphatic carbocycles. The Balaban J connectivity index is 2.35.